The minimum atomic E-state index is -0.815. The van der Waals surface area contributed by atoms with Crippen molar-refractivity contribution < 1.29 is 44.6 Å². The maximum absolute atomic E-state index is 13.1. The highest BCUT2D eigenvalue weighted by Crippen LogP contribution is 2.52. The van der Waals surface area contributed by atoms with Crippen molar-refractivity contribution in [3.8, 4) is 62.7 Å². The lowest BCUT2D eigenvalue weighted by Crippen LogP contribution is -2.21. The lowest BCUT2D eigenvalue weighted by Gasteiger charge is -2.28. The van der Waals surface area contributed by atoms with Crippen LogP contribution in [-0.4, -0.2) is 36.4 Å². The van der Waals surface area contributed by atoms with Gasteiger partial charge < -0.3 is 39.8 Å². The maximum atomic E-state index is 13.1. The third-order valence-electron chi connectivity index (χ3n) is 6.76. The molecule has 1 atom stereocenters. The number of phenolic OH excluding ortho intramolecular Hbond substituents is 6. The number of carbonyl (C=O) groups is 1. The van der Waals surface area contributed by atoms with Gasteiger partial charge in [-0.15, -0.1) is 0 Å². The van der Waals surface area contributed by atoms with Crippen LogP contribution in [0.4, 0.5) is 0 Å². The van der Waals surface area contributed by atoms with Gasteiger partial charge in [-0.3, -0.25) is 9.59 Å². The number of aromatic hydroxyl groups is 6. The van der Waals surface area contributed by atoms with Crippen LogP contribution in [0, 0.1) is 0 Å². The van der Waals surface area contributed by atoms with Crippen LogP contribution in [0.1, 0.15) is 28.4 Å². The molecule has 0 saturated carbocycles. The monoisotopic (exact) mass is 540 g/mol. The minimum Gasteiger partial charge on any atom is -0.508 e. The zero-order chi connectivity index (χ0) is 28.3. The zero-order valence-corrected chi connectivity index (χ0v) is 20.5. The Hall–Kier alpha value is -5.64. The second kappa shape index (κ2) is 8.98. The van der Waals surface area contributed by atoms with Crippen molar-refractivity contribution in [1.82, 2.24) is 0 Å². The lowest BCUT2D eigenvalue weighted by atomic mass is 9.90. The van der Waals surface area contributed by atoms with Crippen LogP contribution in [-0.2, 0) is 0 Å². The van der Waals surface area contributed by atoms with Gasteiger partial charge in [0.25, 0.3) is 0 Å². The standard InChI is InChI=1S/C30H20O10/c31-15-4-1-13(2-5-15)24-12-23(38)29-21(36)10-20(35)27(30(29)40-24)17-7-14(3-6-18(17)33)25-11-22(37)28-19(34)8-16(32)9-26(28)39-25/h1-11,24,31-36H,12H2. The molecule has 0 spiro atoms. The summed E-state index contributed by atoms with van der Waals surface area (Å²) in [5.41, 5.74) is -0.0738. The summed E-state index contributed by atoms with van der Waals surface area (Å²) in [6.45, 7) is 0. The van der Waals surface area contributed by atoms with E-state index in [2.05, 4.69) is 0 Å². The van der Waals surface area contributed by atoms with Crippen LogP contribution in [0.3, 0.4) is 0 Å². The number of hydrogen-bond acceptors (Lipinski definition) is 10. The molecule has 40 heavy (non-hydrogen) atoms. The van der Waals surface area contributed by atoms with Gasteiger partial charge in [0.1, 0.15) is 68.6 Å². The van der Waals surface area contributed by atoms with Crippen molar-refractivity contribution in [1.29, 1.82) is 0 Å². The first-order valence-electron chi connectivity index (χ1n) is 12.0. The number of phenols is 6. The summed E-state index contributed by atoms with van der Waals surface area (Å²) in [5.74, 6) is -2.64. The number of ether oxygens (including phenoxy) is 1. The molecule has 1 aromatic heterocycles. The van der Waals surface area contributed by atoms with E-state index in [1.807, 2.05) is 0 Å². The fourth-order valence-electron chi connectivity index (χ4n) is 4.89. The molecule has 0 fully saturated rings. The van der Waals surface area contributed by atoms with Gasteiger partial charge in [0.2, 0.25) is 0 Å². The van der Waals surface area contributed by atoms with Gasteiger partial charge in [0.05, 0.1) is 12.0 Å². The number of benzene rings is 4. The predicted molar refractivity (Wildman–Crippen MR) is 142 cm³/mol. The van der Waals surface area contributed by atoms with Crippen molar-refractivity contribution in [2.75, 3.05) is 0 Å². The number of fused-ring (bicyclic) bond motifs is 2. The van der Waals surface area contributed by atoms with Crippen LogP contribution in [0.2, 0.25) is 0 Å². The SMILES string of the molecule is O=C1CC(c2ccc(O)cc2)Oc2c1c(O)cc(O)c2-c1cc(-c2cc(=O)c3c(O)cc(O)cc3o2)ccc1O. The van der Waals surface area contributed by atoms with E-state index >= 15 is 0 Å². The molecule has 2 heterocycles. The number of hydrogen-bond donors (Lipinski definition) is 6. The van der Waals surface area contributed by atoms with E-state index < -0.39 is 34.6 Å². The van der Waals surface area contributed by atoms with Gasteiger partial charge in [-0.2, -0.15) is 0 Å². The summed E-state index contributed by atoms with van der Waals surface area (Å²) < 4.78 is 11.9. The molecule has 0 radical (unpaired) electrons. The summed E-state index contributed by atoms with van der Waals surface area (Å²) in [5, 5.41) is 61.6. The first-order valence-corrected chi connectivity index (χ1v) is 12.0. The highest BCUT2D eigenvalue weighted by Gasteiger charge is 2.35. The molecule has 0 aliphatic carbocycles. The number of rotatable bonds is 3. The van der Waals surface area contributed by atoms with E-state index in [1.165, 1.54) is 36.4 Å². The van der Waals surface area contributed by atoms with Crippen LogP contribution in [0.25, 0.3) is 33.4 Å². The third kappa shape index (κ3) is 3.99. The molecule has 4 aromatic carbocycles. The summed E-state index contributed by atoms with van der Waals surface area (Å²) in [6, 6.07) is 14.5. The van der Waals surface area contributed by atoms with Crippen LogP contribution in [0.5, 0.6) is 40.2 Å². The second-order valence-electron chi connectivity index (χ2n) is 9.36. The molecule has 5 aromatic rings. The molecule has 0 amide bonds. The average Bonchev–Trinajstić information content (AvgIpc) is 2.89. The van der Waals surface area contributed by atoms with Crippen molar-refractivity contribution in [2.24, 2.45) is 0 Å². The van der Waals surface area contributed by atoms with Gasteiger partial charge in [-0.1, -0.05) is 12.1 Å². The number of Topliss-reactive ketones (excluding diaryl/α,β-unsaturated/α-hetero) is 1. The molecule has 6 N–H and O–H groups in total. The minimum absolute atomic E-state index is 0.00640. The molecule has 0 saturated heterocycles. The Morgan fingerprint density at radius 1 is 0.675 bits per heavy atom. The Labute approximate surface area is 224 Å². The van der Waals surface area contributed by atoms with E-state index in [4.69, 9.17) is 9.15 Å². The largest absolute Gasteiger partial charge is 0.508 e. The molecule has 0 bridgehead atoms. The van der Waals surface area contributed by atoms with Crippen molar-refractivity contribution >= 4 is 16.8 Å². The van der Waals surface area contributed by atoms with E-state index in [9.17, 15) is 40.2 Å². The number of ketones is 1. The summed E-state index contributed by atoms with van der Waals surface area (Å²) in [7, 11) is 0. The Morgan fingerprint density at radius 3 is 2.15 bits per heavy atom. The van der Waals surface area contributed by atoms with Gasteiger partial charge in [0, 0.05) is 35.4 Å². The van der Waals surface area contributed by atoms with Gasteiger partial charge in [-0.05, 0) is 35.9 Å². The Kier molecular flexibility index (Phi) is 5.54. The fourth-order valence-corrected chi connectivity index (χ4v) is 4.89. The van der Waals surface area contributed by atoms with E-state index in [0.717, 1.165) is 18.2 Å². The molecule has 1 aliphatic heterocycles. The molecule has 1 aliphatic rings. The molecule has 200 valence electrons. The van der Waals surface area contributed by atoms with Crippen molar-refractivity contribution in [3.05, 3.63) is 88.1 Å². The quantitative estimate of drug-likeness (QED) is 0.181. The summed E-state index contributed by atoms with van der Waals surface area (Å²) in [6.07, 6.45) is -0.937. The van der Waals surface area contributed by atoms with Crippen LogP contribution >= 0.6 is 0 Å². The highest BCUT2D eigenvalue weighted by atomic mass is 16.5. The highest BCUT2D eigenvalue weighted by molar-refractivity contribution is 6.06. The van der Waals surface area contributed by atoms with Gasteiger partial charge in [0.15, 0.2) is 11.2 Å². The molecule has 10 heteroatoms. The zero-order valence-electron chi connectivity index (χ0n) is 20.5. The predicted octanol–water partition coefficient (Wildman–Crippen LogP) is 5.07. The van der Waals surface area contributed by atoms with Crippen molar-refractivity contribution in [2.45, 2.75) is 12.5 Å². The molecule has 10 nitrogen and oxygen atoms in total. The molecular weight excluding hydrogens is 520 g/mol. The average molecular weight is 540 g/mol. The fraction of sp³-hybridized carbons (Fsp3) is 0.0667. The number of carbonyl (C=O) groups excluding carboxylic acids is 1. The maximum Gasteiger partial charge on any atom is 0.197 e. The van der Waals surface area contributed by atoms with Gasteiger partial charge in [-0.25, -0.2) is 0 Å². The third-order valence-corrected chi connectivity index (χ3v) is 6.76. The molecular formula is C30H20O10. The van der Waals surface area contributed by atoms with E-state index in [1.54, 1.807) is 12.1 Å². The van der Waals surface area contributed by atoms with Crippen molar-refractivity contribution in [3.63, 3.8) is 0 Å². The summed E-state index contributed by atoms with van der Waals surface area (Å²) >= 11 is 0. The Balaban J connectivity index is 1.53. The first-order chi connectivity index (χ1) is 19.1. The van der Waals surface area contributed by atoms with E-state index in [0.29, 0.717) is 5.56 Å². The topological polar surface area (TPSA) is 178 Å². The Morgan fingerprint density at radius 2 is 1.40 bits per heavy atom. The normalized spacial score (nSPS) is 14.6. The first kappa shape index (κ1) is 24.7. The van der Waals surface area contributed by atoms with Gasteiger partial charge >= 0.3 is 0 Å². The second-order valence-corrected chi connectivity index (χ2v) is 9.36. The van der Waals surface area contributed by atoms with Crippen LogP contribution in [0.15, 0.2) is 75.9 Å². The summed E-state index contributed by atoms with van der Waals surface area (Å²) in [4.78, 5) is 25.9. The smallest absolute Gasteiger partial charge is 0.197 e. The lowest BCUT2D eigenvalue weighted by molar-refractivity contribution is 0.0846. The van der Waals surface area contributed by atoms with E-state index in [-0.39, 0.29) is 68.4 Å². The Bertz CT molecular complexity index is 1900. The molecule has 6 rings (SSSR count). The van der Waals surface area contributed by atoms with Crippen LogP contribution < -0.4 is 10.2 Å². The molecule has 1 unspecified atom stereocenters.